The SMILES string of the molecule is [B]C([B])([B])C1(OC(C)C)CC(C(=O)OI)C1. The summed E-state index contributed by atoms with van der Waals surface area (Å²) in [6, 6.07) is 0. The predicted molar refractivity (Wildman–Crippen MR) is 71.7 cm³/mol. The van der Waals surface area contributed by atoms with Crippen LogP contribution >= 0.6 is 23.0 Å². The molecule has 1 aliphatic carbocycles. The first-order valence-corrected chi connectivity index (χ1v) is 5.97. The molecule has 0 aliphatic heterocycles. The van der Waals surface area contributed by atoms with E-state index in [1.807, 2.05) is 13.8 Å². The van der Waals surface area contributed by atoms with Gasteiger partial charge in [0.25, 0.3) is 0 Å². The highest BCUT2D eigenvalue weighted by Gasteiger charge is 2.54. The Hall–Kier alpha value is 0.355. The van der Waals surface area contributed by atoms with Crippen LogP contribution in [0.2, 0.25) is 5.11 Å². The van der Waals surface area contributed by atoms with Gasteiger partial charge in [0.2, 0.25) is 0 Å². The molecular weight excluding hydrogens is 315 g/mol. The van der Waals surface area contributed by atoms with Crippen molar-refractivity contribution in [3.8, 4) is 0 Å². The van der Waals surface area contributed by atoms with Gasteiger partial charge in [-0.25, -0.2) is 0 Å². The van der Waals surface area contributed by atoms with Gasteiger partial charge in [-0.2, -0.15) is 0 Å². The molecule has 0 aromatic heterocycles. The molecule has 1 aliphatic rings. The average Bonchev–Trinajstić information content (AvgIpc) is 2.06. The number of hydrogen-bond acceptors (Lipinski definition) is 3. The Morgan fingerprint density at radius 3 is 2.25 bits per heavy atom. The van der Waals surface area contributed by atoms with Crippen LogP contribution in [0.5, 0.6) is 0 Å². The highest BCUT2D eigenvalue weighted by molar-refractivity contribution is 14.1. The maximum Gasteiger partial charge on any atom is 0.318 e. The van der Waals surface area contributed by atoms with Crippen LogP contribution in [0.15, 0.2) is 0 Å². The smallest absolute Gasteiger partial charge is 0.318 e. The van der Waals surface area contributed by atoms with E-state index in [0.29, 0.717) is 12.8 Å². The molecular formula is C9H12B3IO3. The summed E-state index contributed by atoms with van der Waals surface area (Å²) >= 11 is 1.56. The van der Waals surface area contributed by atoms with Crippen molar-refractivity contribution in [2.75, 3.05) is 0 Å². The molecule has 0 saturated heterocycles. The second-order valence-electron chi connectivity index (χ2n) is 4.60. The van der Waals surface area contributed by atoms with E-state index in [1.54, 1.807) is 23.0 Å². The van der Waals surface area contributed by atoms with Gasteiger partial charge in [0.1, 0.15) is 0 Å². The Labute approximate surface area is 114 Å². The second-order valence-corrected chi connectivity index (χ2v) is 5.04. The van der Waals surface area contributed by atoms with E-state index in [0.717, 1.165) is 0 Å². The van der Waals surface area contributed by atoms with Crippen LogP contribution in [0.3, 0.4) is 0 Å². The Morgan fingerprint density at radius 1 is 1.44 bits per heavy atom. The van der Waals surface area contributed by atoms with Gasteiger partial charge < -0.3 is 7.80 Å². The molecule has 1 fully saturated rings. The summed E-state index contributed by atoms with van der Waals surface area (Å²) in [5.74, 6) is -0.515. The predicted octanol–water partition coefficient (Wildman–Crippen LogP) is 1.03. The van der Waals surface area contributed by atoms with Crippen molar-refractivity contribution in [1.82, 2.24) is 0 Å². The van der Waals surface area contributed by atoms with Crippen molar-refractivity contribution >= 4 is 52.5 Å². The van der Waals surface area contributed by atoms with E-state index in [9.17, 15) is 4.79 Å². The first-order valence-electron chi connectivity index (χ1n) is 5.09. The third kappa shape index (κ3) is 2.78. The van der Waals surface area contributed by atoms with Crippen LogP contribution in [0.4, 0.5) is 0 Å². The van der Waals surface area contributed by atoms with Gasteiger partial charge in [0, 0.05) is 0 Å². The highest BCUT2D eigenvalue weighted by atomic mass is 127. The minimum Gasteiger partial charge on any atom is -0.394 e. The summed E-state index contributed by atoms with van der Waals surface area (Å²) in [6.45, 7) is 3.74. The lowest BCUT2D eigenvalue weighted by Crippen LogP contribution is -2.58. The molecule has 6 radical (unpaired) electrons. The zero-order valence-corrected chi connectivity index (χ0v) is 11.6. The molecule has 1 rings (SSSR count). The van der Waals surface area contributed by atoms with E-state index in [1.165, 1.54) is 0 Å². The van der Waals surface area contributed by atoms with Gasteiger partial charge in [0.15, 0.2) is 23.0 Å². The highest BCUT2D eigenvalue weighted by Crippen LogP contribution is 2.52. The van der Waals surface area contributed by atoms with Crippen molar-refractivity contribution in [3.05, 3.63) is 0 Å². The van der Waals surface area contributed by atoms with Gasteiger partial charge in [-0.15, -0.1) is 5.11 Å². The fourth-order valence-corrected chi connectivity index (χ4v) is 2.33. The van der Waals surface area contributed by atoms with Crippen molar-refractivity contribution in [2.45, 2.75) is 43.5 Å². The molecule has 3 nitrogen and oxygen atoms in total. The van der Waals surface area contributed by atoms with E-state index in [2.05, 4.69) is 3.07 Å². The van der Waals surface area contributed by atoms with E-state index >= 15 is 0 Å². The molecule has 0 aromatic carbocycles. The first-order chi connectivity index (χ1) is 7.22. The molecule has 0 atom stereocenters. The third-order valence-corrected chi connectivity index (χ3v) is 3.25. The Morgan fingerprint density at radius 2 is 1.94 bits per heavy atom. The Kier molecular flexibility index (Phi) is 4.43. The van der Waals surface area contributed by atoms with Gasteiger partial charge in [-0.05, 0) is 26.7 Å². The molecule has 0 unspecified atom stereocenters. The lowest BCUT2D eigenvalue weighted by Gasteiger charge is -2.56. The quantitative estimate of drug-likeness (QED) is 0.572. The minimum atomic E-state index is -1.45. The molecule has 0 heterocycles. The summed E-state index contributed by atoms with van der Waals surface area (Å²) in [6.07, 6.45) is 0.749. The van der Waals surface area contributed by atoms with Crippen molar-refractivity contribution in [2.24, 2.45) is 5.92 Å². The standard InChI is InChI=1S/C9H12B3IO3/c1-5(2)15-8(9(10,11)12)3-6(4-8)7(14)16-13/h5-6H,3-4H2,1-2H3. The molecule has 7 heteroatoms. The topological polar surface area (TPSA) is 35.5 Å². The van der Waals surface area contributed by atoms with E-state index in [-0.39, 0.29) is 18.0 Å². The second kappa shape index (κ2) is 4.92. The molecule has 0 aromatic rings. The fraction of sp³-hybridized carbons (Fsp3) is 0.889. The fourth-order valence-electron chi connectivity index (χ4n) is 1.97. The van der Waals surface area contributed by atoms with Gasteiger partial charge in [-0.3, -0.25) is 4.79 Å². The molecule has 1 saturated carbocycles. The van der Waals surface area contributed by atoms with Crippen LogP contribution in [-0.2, 0) is 12.6 Å². The summed E-state index contributed by atoms with van der Waals surface area (Å²) in [5.41, 5.74) is -0.837. The number of halogens is 1. The Balaban J connectivity index is 2.70. The molecule has 0 spiro atoms. The van der Waals surface area contributed by atoms with E-state index < -0.39 is 10.7 Å². The van der Waals surface area contributed by atoms with Crippen molar-refractivity contribution in [3.63, 3.8) is 0 Å². The lowest BCUT2D eigenvalue weighted by molar-refractivity contribution is -0.173. The monoisotopic (exact) mass is 328 g/mol. The maximum absolute atomic E-state index is 11.3. The number of rotatable bonds is 4. The van der Waals surface area contributed by atoms with Gasteiger partial charge >= 0.3 is 5.97 Å². The normalized spacial score (nSPS) is 29.9. The van der Waals surface area contributed by atoms with Crippen LogP contribution in [-0.4, -0.2) is 41.2 Å². The summed E-state index contributed by atoms with van der Waals surface area (Å²) in [7, 11) is 17.1. The zero-order chi connectivity index (χ0) is 12.6. The summed E-state index contributed by atoms with van der Waals surface area (Å²) < 4.78 is 10.3. The average molecular weight is 328 g/mol. The van der Waals surface area contributed by atoms with Crippen LogP contribution in [0.25, 0.3) is 0 Å². The molecule has 0 amide bonds. The molecule has 0 N–H and O–H groups in total. The number of ether oxygens (including phenoxy) is 1. The van der Waals surface area contributed by atoms with Crippen LogP contribution in [0, 0.1) is 5.92 Å². The van der Waals surface area contributed by atoms with Gasteiger partial charge in [0.05, 0.1) is 41.2 Å². The Bertz CT molecular complexity index is 272. The van der Waals surface area contributed by atoms with Crippen LogP contribution in [0.1, 0.15) is 26.7 Å². The number of hydrogen-bond donors (Lipinski definition) is 0. The molecule has 82 valence electrons. The zero-order valence-electron chi connectivity index (χ0n) is 9.40. The van der Waals surface area contributed by atoms with Gasteiger partial charge in [-0.1, -0.05) is 0 Å². The number of carbonyl (C=O) groups excluding carboxylic acids is 1. The number of carbonyl (C=O) groups is 1. The van der Waals surface area contributed by atoms with Crippen LogP contribution < -0.4 is 0 Å². The maximum atomic E-state index is 11.3. The minimum absolute atomic E-state index is 0.0494. The molecule has 0 bridgehead atoms. The first kappa shape index (κ1) is 14.4. The van der Waals surface area contributed by atoms with Crippen molar-refractivity contribution in [1.29, 1.82) is 0 Å². The molecule has 16 heavy (non-hydrogen) atoms. The third-order valence-electron chi connectivity index (χ3n) is 2.81. The summed E-state index contributed by atoms with van der Waals surface area (Å²) in [5, 5.41) is -1.45. The lowest BCUT2D eigenvalue weighted by atomic mass is 9.32. The van der Waals surface area contributed by atoms with E-state index in [4.69, 9.17) is 28.3 Å². The van der Waals surface area contributed by atoms with Crippen molar-refractivity contribution < 1.29 is 12.6 Å². The largest absolute Gasteiger partial charge is 0.394 e. The summed E-state index contributed by atoms with van der Waals surface area (Å²) in [4.78, 5) is 11.3.